The maximum atomic E-state index is 12.2. The van der Waals surface area contributed by atoms with Crippen LogP contribution >= 0.6 is 7.80 Å². The van der Waals surface area contributed by atoms with Crippen LogP contribution in [-0.2, 0) is 10.7 Å². The van der Waals surface area contributed by atoms with E-state index in [0.29, 0.717) is 6.16 Å². The number of benzene rings is 2. The highest BCUT2D eigenvalue weighted by molar-refractivity contribution is 7.52. The van der Waals surface area contributed by atoms with Crippen LogP contribution in [0.2, 0.25) is 0 Å². The number of methoxy groups -OCH3 is 1. The van der Waals surface area contributed by atoms with Gasteiger partial charge >= 0.3 is 0 Å². The predicted molar refractivity (Wildman–Crippen MR) is 71.8 cm³/mol. The minimum absolute atomic E-state index is 0.554. The van der Waals surface area contributed by atoms with Crippen molar-refractivity contribution in [3.63, 3.8) is 0 Å². The van der Waals surface area contributed by atoms with E-state index >= 15 is 0 Å². The molecule has 2 aromatic carbocycles. The number of hydrogen-bond donors (Lipinski definition) is 0. The van der Waals surface area contributed by atoms with E-state index in [1.807, 2.05) is 54.6 Å². The Labute approximate surface area is 102 Å². The molecule has 1 atom stereocenters. The summed E-state index contributed by atoms with van der Waals surface area (Å²) >= 11 is 0. The smallest absolute Gasteiger partial charge is 0.122 e. The molecule has 1 unspecified atom stereocenters. The molecule has 0 heterocycles. The molecule has 0 aliphatic carbocycles. The summed E-state index contributed by atoms with van der Waals surface area (Å²) in [6, 6.07) is 17.3. The molecule has 0 bridgehead atoms. The monoisotopic (exact) mass is 246 g/mol. The fourth-order valence-electron chi connectivity index (χ4n) is 1.75. The van der Waals surface area contributed by atoms with Gasteiger partial charge in [-0.2, -0.15) is 0 Å². The Morgan fingerprint density at radius 3 is 2.35 bits per heavy atom. The molecule has 0 radical (unpaired) electrons. The van der Waals surface area contributed by atoms with Crippen LogP contribution in [0.3, 0.4) is 0 Å². The fourth-order valence-corrected chi connectivity index (χ4v) is 3.15. The molecular weight excluding hydrogens is 231 g/mol. The van der Waals surface area contributed by atoms with Crippen LogP contribution < -0.4 is 10.0 Å². The molecule has 88 valence electrons. The lowest BCUT2D eigenvalue weighted by Crippen LogP contribution is -1.97. The molecule has 2 aromatic rings. The Bertz CT molecular complexity index is 509. The molecule has 0 aliphatic rings. The first-order valence-corrected chi connectivity index (χ1v) is 7.13. The van der Waals surface area contributed by atoms with Gasteiger partial charge < -0.3 is 9.30 Å². The van der Waals surface area contributed by atoms with Crippen molar-refractivity contribution >= 4 is 13.1 Å². The molecule has 0 N–H and O–H groups in total. The molecule has 3 heteroatoms. The second-order valence-electron chi connectivity index (χ2n) is 3.78. The van der Waals surface area contributed by atoms with Crippen LogP contribution in [0.1, 0.15) is 5.56 Å². The van der Waals surface area contributed by atoms with E-state index in [4.69, 9.17) is 4.74 Å². The summed E-state index contributed by atoms with van der Waals surface area (Å²) in [5.41, 5.74) is 1.00. The van der Waals surface area contributed by atoms with Gasteiger partial charge in [0.05, 0.1) is 7.11 Å². The number of rotatable bonds is 4. The maximum Gasteiger partial charge on any atom is 0.122 e. The zero-order valence-electron chi connectivity index (χ0n) is 9.72. The van der Waals surface area contributed by atoms with Crippen molar-refractivity contribution in [1.82, 2.24) is 0 Å². The quantitative estimate of drug-likeness (QED) is 0.775. The summed E-state index contributed by atoms with van der Waals surface area (Å²) < 4.78 is 17.5. The summed E-state index contributed by atoms with van der Waals surface area (Å²) in [5, 5.41) is 0.920. The second-order valence-corrected chi connectivity index (χ2v) is 5.56. The summed E-state index contributed by atoms with van der Waals surface area (Å²) in [6.07, 6.45) is 0.554. The van der Waals surface area contributed by atoms with E-state index in [2.05, 4.69) is 0 Å². The molecule has 17 heavy (non-hydrogen) atoms. The van der Waals surface area contributed by atoms with Gasteiger partial charge in [-0.25, -0.2) is 0 Å². The molecule has 0 saturated carbocycles. The van der Waals surface area contributed by atoms with Crippen molar-refractivity contribution in [3.8, 4) is 5.75 Å². The van der Waals surface area contributed by atoms with E-state index in [-0.39, 0.29) is 0 Å². The topological polar surface area (TPSA) is 26.3 Å². The lowest BCUT2D eigenvalue weighted by molar-refractivity contribution is 0.411. The fraction of sp³-hybridized carbons (Fsp3) is 0.143. The average Bonchev–Trinajstić information content (AvgIpc) is 2.40. The average molecular weight is 246 g/mol. The first kappa shape index (κ1) is 11.9. The lowest BCUT2D eigenvalue weighted by atomic mass is 10.2. The first-order chi connectivity index (χ1) is 8.31. The van der Waals surface area contributed by atoms with Crippen molar-refractivity contribution in [2.45, 2.75) is 6.16 Å². The predicted octanol–water partition coefficient (Wildman–Crippen LogP) is 3.08. The maximum absolute atomic E-state index is 12.2. The van der Waals surface area contributed by atoms with E-state index in [1.54, 1.807) is 7.11 Å². The van der Waals surface area contributed by atoms with Gasteiger partial charge in [-0.1, -0.05) is 48.5 Å². The molecule has 2 nitrogen and oxygen atoms in total. The molecule has 0 amide bonds. The van der Waals surface area contributed by atoms with Gasteiger partial charge in [0.15, 0.2) is 0 Å². The van der Waals surface area contributed by atoms with Gasteiger partial charge in [0.2, 0.25) is 0 Å². The Morgan fingerprint density at radius 1 is 1.00 bits per heavy atom. The standard InChI is InChI=1S/C14H15O2P/c1-16-14-10-6-5-7-12(14)11-17(15)13-8-3-2-4-9-13/h2-10,17H,11H2,1H3. The molecule has 0 aliphatic heterocycles. The summed E-state index contributed by atoms with van der Waals surface area (Å²) in [4.78, 5) is 0. The van der Waals surface area contributed by atoms with Crippen molar-refractivity contribution in [3.05, 3.63) is 60.2 Å². The Morgan fingerprint density at radius 2 is 1.65 bits per heavy atom. The molecule has 0 spiro atoms. The van der Waals surface area contributed by atoms with E-state index in [9.17, 15) is 4.57 Å². The Kier molecular flexibility index (Phi) is 4.00. The molecule has 2 rings (SSSR count). The SMILES string of the molecule is COc1ccccc1C[PH](=O)c1ccccc1. The minimum Gasteiger partial charge on any atom is -0.496 e. The largest absolute Gasteiger partial charge is 0.496 e. The molecular formula is C14H15O2P. The van der Waals surface area contributed by atoms with Crippen LogP contribution in [0.25, 0.3) is 0 Å². The third-order valence-corrected chi connectivity index (χ3v) is 4.32. The van der Waals surface area contributed by atoms with Crippen molar-refractivity contribution in [2.24, 2.45) is 0 Å². The zero-order valence-corrected chi connectivity index (χ0v) is 10.7. The number of ether oxygens (including phenoxy) is 1. The van der Waals surface area contributed by atoms with Crippen molar-refractivity contribution < 1.29 is 9.30 Å². The van der Waals surface area contributed by atoms with Crippen LogP contribution in [0, 0.1) is 0 Å². The van der Waals surface area contributed by atoms with Gasteiger partial charge in [0, 0.05) is 17.0 Å². The molecule has 0 fully saturated rings. The lowest BCUT2D eigenvalue weighted by Gasteiger charge is -2.08. The molecule has 0 aromatic heterocycles. The number of para-hydroxylation sites is 1. The summed E-state index contributed by atoms with van der Waals surface area (Å²) in [5.74, 6) is 0.807. The molecule has 0 saturated heterocycles. The minimum atomic E-state index is -1.78. The van der Waals surface area contributed by atoms with Gasteiger partial charge in [-0.05, 0) is 6.07 Å². The van der Waals surface area contributed by atoms with Gasteiger partial charge in [-0.3, -0.25) is 0 Å². The van der Waals surface area contributed by atoms with Crippen molar-refractivity contribution in [1.29, 1.82) is 0 Å². The third-order valence-electron chi connectivity index (χ3n) is 2.64. The van der Waals surface area contributed by atoms with Gasteiger partial charge in [-0.15, -0.1) is 0 Å². The van der Waals surface area contributed by atoms with E-state index in [1.165, 1.54) is 0 Å². The highest BCUT2D eigenvalue weighted by atomic mass is 31.1. The zero-order chi connectivity index (χ0) is 12.1. The Balaban J connectivity index is 2.19. The first-order valence-electron chi connectivity index (χ1n) is 5.51. The van der Waals surface area contributed by atoms with Crippen LogP contribution in [0.4, 0.5) is 0 Å². The van der Waals surface area contributed by atoms with Gasteiger partial charge in [0.25, 0.3) is 0 Å². The normalized spacial score (nSPS) is 12.1. The Hall–Kier alpha value is -1.53. The number of hydrogen-bond acceptors (Lipinski definition) is 2. The summed E-state index contributed by atoms with van der Waals surface area (Å²) in [6.45, 7) is 0. The highest BCUT2D eigenvalue weighted by Gasteiger charge is 2.08. The van der Waals surface area contributed by atoms with E-state index in [0.717, 1.165) is 16.6 Å². The second kappa shape index (κ2) is 5.70. The van der Waals surface area contributed by atoms with E-state index < -0.39 is 7.80 Å². The summed E-state index contributed by atoms with van der Waals surface area (Å²) in [7, 11) is -0.144. The third kappa shape index (κ3) is 2.98. The van der Waals surface area contributed by atoms with Crippen LogP contribution in [-0.4, -0.2) is 7.11 Å². The van der Waals surface area contributed by atoms with Crippen LogP contribution in [0.15, 0.2) is 54.6 Å². The van der Waals surface area contributed by atoms with Crippen molar-refractivity contribution in [2.75, 3.05) is 7.11 Å². The highest BCUT2D eigenvalue weighted by Crippen LogP contribution is 2.30. The van der Waals surface area contributed by atoms with Crippen LogP contribution in [0.5, 0.6) is 5.75 Å². The van der Waals surface area contributed by atoms with Gasteiger partial charge in [0.1, 0.15) is 13.6 Å².